The zero-order valence-electron chi connectivity index (χ0n) is 12.6. The molecule has 0 aliphatic carbocycles. The van der Waals surface area contributed by atoms with Crippen LogP contribution in [0.25, 0.3) is 0 Å². The quantitative estimate of drug-likeness (QED) is 0.809. The smallest absolute Gasteiger partial charge is 0.334 e. The van der Waals surface area contributed by atoms with Crippen molar-refractivity contribution in [2.75, 3.05) is 0 Å². The van der Waals surface area contributed by atoms with Crippen LogP contribution in [-0.2, 0) is 11.2 Å². The first-order valence-electron chi connectivity index (χ1n) is 7.42. The molecule has 0 saturated heterocycles. The van der Waals surface area contributed by atoms with Crippen LogP contribution in [0, 0.1) is 0 Å². The Kier molecular flexibility index (Phi) is 4.14. The van der Waals surface area contributed by atoms with Gasteiger partial charge in [-0.2, -0.15) is 0 Å². The van der Waals surface area contributed by atoms with E-state index in [1.807, 2.05) is 0 Å². The average molecular weight is 325 g/mol. The van der Waals surface area contributed by atoms with Crippen molar-refractivity contribution in [1.29, 1.82) is 0 Å². The molecule has 0 bridgehead atoms. The molecule has 2 aromatic carbocycles. The van der Waals surface area contributed by atoms with Crippen LogP contribution in [0.3, 0.4) is 0 Å². The molecule has 0 aromatic heterocycles. The normalized spacial score (nSPS) is 16.0. The summed E-state index contributed by atoms with van der Waals surface area (Å²) in [5, 5.41) is 19.3. The summed E-state index contributed by atoms with van der Waals surface area (Å²) in [5.74, 6) is -2.65. The Balaban J connectivity index is 1.99. The summed E-state index contributed by atoms with van der Waals surface area (Å²) in [6.45, 7) is 0. The van der Waals surface area contributed by atoms with Gasteiger partial charge in [0.25, 0.3) is 11.8 Å². The van der Waals surface area contributed by atoms with Gasteiger partial charge >= 0.3 is 5.97 Å². The first kappa shape index (κ1) is 15.9. The van der Waals surface area contributed by atoms with Gasteiger partial charge in [0.15, 0.2) is 6.10 Å². The highest BCUT2D eigenvalue weighted by atomic mass is 16.4. The molecule has 122 valence electrons. The van der Waals surface area contributed by atoms with E-state index in [0.29, 0.717) is 0 Å². The van der Waals surface area contributed by atoms with E-state index in [9.17, 15) is 24.6 Å². The molecule has 0 saturated carbocycles. The van der Waals surface area contributed by atoms with Gasteiger partial charge in [0.2, 0.25) is 0 Å². The lowest BCUT2D eigenvalue weighted by atomic mass is 9.99. The average Bonchev–Trinajstić information content (AvgIpc) is 2.85. The van der Waals surface area contributed by atoms with E-state index in [1.165, 1.54) is 12.1 Å². The summed E-state index contributed by atoms with van der Waals surface area (Å²) in [6.07, 6.45) is -1.81. The fourth-order valence-corrected chi connectivity index (χ4v) is 2.87. The third-order valence-electron chi connectivity index (χ3n) is 4.06. The van der Waals surface area contributed by atoms with E-state index in [0.717, 1.165) is 10.5 Å². The third kappa shape index (κ3) is 2.68. The molecular formula is C18H15NO5. The number of benzene rings is 2. The zero-order chi connectivity index (χ0) is 17.3. The molecule has 0 fully saturated rings. The number of carbonyl (C=O) groups is 3. The van der Waals surface area contributed by atoms with Gasteiger partial charge in [0.05, 0.1) is 17.2 Å². The van der Waals surface area contributed by atoms with Crippen LogP contribution in [0.15, 0.2) is 54.6 Å². The molecule has 3 rings (SSSR count). The Hall–Kier alpha value is -2.99. The van der Waals surface area contributed by atoms with E-state index in [1.54, 1.807) is 42.5 Å². The molecule has 1 aliphatic rings. The Bertz CT molecular complexity index is 767. The van der Waals surface area contributed by atoms with Crippen molar-refractivity contribution in [1.82, 2.24) is 4.90 Å². The van der Waals surface area contributed by atoms with Crippen LogP contribution in [0.1, 0.15) is 26.3 Å². The van der Waals surface area contributed by atoms with Gasteiger partial charge in [0, 0.05) is 0 Å². The number of carboxylic acid groups (broad SMARTS) is 1. The second-order valence-corrected chi connectivity index (χ2v) is 5.57. The van der Waals surface area contributed by atoms with Gasteiger partial charge in [-0.25, -0.2) is 4.79 Å². The van der Waals surface area contributed by atoms with E-state index >= 15 is 0 Å². The van der Waals surface area contributed by atoms with Crippen molar-refractivity contribution in [2.24, 2.45) is 0 Å². The molecule has 2 N–H and O–H groups in total. The van der Waals surface area contributed by atoms with Crippen molar-refractivity contribution in [2.45, 2.75) is 18.6 Å². The third-order valence-corrected chi connectivity index (χ3v) is 4.06. The molecule has 2 amide bonds. The van der Waals surface area contributed by atoms with E-state index in [4.69, 9.17) is 0 Å². The van der Waals surface area contributed by atoms with Crippen molar-refractivity contribution in [3.63, 3.8) is 0 Å². The number of hydrogen-bond donors (Lipinski definition) is 2. The Labute approximate surface area is 138 Å². The fraction of sp³-hybridized carbons (Fsp3) is 0.167. The number of nitrogens with zero attached hydrogens (tertiary/aromatic N) is 1. The van der Waals surface area contributed by atoms with Gasteiger partial charge in [-0.3, -0.25) is 14.5 Å². The number of amides is 2. The van der Waals surface area contributed by atoms with E-state index < -0.39 is 29.9 Å². The maximum atomic E-state index is 12.6. The maximum Gasteiger partial charge on any atom is 0.334 e. The molecule has 6 heteroatoms. The summed E-state index contributed by atoms with van der Waals surface area (Å²) in [5.41, 5.74) is 1.16. The molecule has 2 atom stereocenters. The minimum absolute atomic E-state index is 0.0553. The lowest BCUT2D eigenvalue weighted by Gasteiger charge is -2.28. The molecule has 1 heterocycles. The Morgan fingerprint density at radius 3 is 1.92 bits per heavy atom. The highest BCUT2D eigenvalue weighted by Crippen LogP contribution is 2.27. The first-order chi connectivity index (χ1) is 11.5. The summed E-state index contributed by atoms with van der Waals surface area (Å²) < 4.78 is 0. The second-order valence-electron chi connectivity index (χ2n) is 5.57. The molecule has 0 spiro atoms. The highest BCUT2D eigenvalue weighted by Gasteiger charge is 2.44. The van der Waals surface area contributed by atoms with Gasteiger partial charge in [-0.05, 0) is 24.1 Å². The standard InChI is InChI=1S/C18H15NO5/c20-15(18(23)24)14(10-11-6-2-1-3-7-11)19-16(21)12-8-4-5-9-13(12)17(19)22/h1-9,14-15,20H,10H2,(H,23,24)/t14-,15+/m0/s1. The van der Waals surface area contributed by atoms with Crippen LogP contribution in [-0.4, -0.2) is 45.0 Å². The number of fused-ring (bicyclic) bond motifs is 1. The number of aliphatic hydroxyl groups excluding tert-OH is 1. The molecule has 2 aromatic rings. The lowest BCUT2D eigenvalue weighted by Crippen LogP contribution is -2.51. The monoisotopic (exact) mass is 325 g/mol. The predicted octanol–water partition coefficient (Wildman–Crippen LogP) is 1.34. The number of carbonyl (C=O) groups excluding carboxylic acids is 2. The molecule has 1 aliphatic heterocycles. The summed E-state index contributed by atoms with van der Waals surface area (Å²) in [4.78, 5) is 37.3. The van der Waals surface area contributed by atoms with Gasteiger partial charge < -0.3 is 10.2 Å². The van der Waals surface area contributed by atoms with Crippen LogP contribution in [0.2, 0.25) is 0 Å². The van der Waals surface area contributed by atoms with E-state index in [-0.39, 0.29) is 17.5 Å². The van der Waals surface area contributed by atoms with Crippen molar-refractivity contribution in [3.8, 4) is 0 Å². The Morgan fingerprint density at radius 1 is 0.917 bits per heavy atom. The van der Waals surface area contributed by atoms with Crippen molar-refractivity contribution < 1.29 is 24.6 Å². The summed E-state index contributed by atoms with van der Waals surface area (Å²) in [7, 11) is 0. The molecule has 0 radical (unpaired) electrons. The maximum absolute atomic E-state index is 12.6. The molecular weight excluding hydrogens is 310 g/mol. The number of imide groups is 1. The largest absolute Gasteiger partial charge is 0.479 e. The predicted molar refractivity (Wildman–Crippen MR) is 84.5 cm³/mol. The number of hydrogen-bond acceptors (Lipinski definition) is 4. The molecule has 24 heavy (non-hydrogen) atoms. The topological polar surface area (TPSA) is 94.9 Å². The number of carboxylic acids is 1. The first-order valence-corrected chi connectivity index (χ1v) is 7.42. The van der Waals surface area contributed by atoms with Crippen molar-refractivity contribution >= 4 is 17.8 Å². The van der Waals surface area contributed by atoms with Gasteiger partial charge in [-0.15, -0.1) is 0 Å². The number of aliphatic carboxylic acids is 1. The fourth-order valence-electron chi connectivity index (χ4n) is 2.87. The van der Waals surface area contributed by atoms with Crippen molar-refractivity contribution in [3.05, 3.63) is 71.3 Å². The summed E-state index contributed by atoms with van der Waals surface area (Å²) >= 11 is 0. The molecule has 0 unspecified atom stereocenters. The van der Waals surface area contributed by atoms with Gasteiger partial charge in [-0.1, -0.05) is 42.5 Å². The second kappa shape index (κ2) is 6.25. The number of rotatable bonds is 5. The number of aliphatic hydroxyl groups is 1. The van der Waals surface area contributed by atoms with Crippen LogP contribution < -0.4 is 0 Å². The molecule has 6 nitrogen and oxygen atoms in total. The van der Waals surface area contributed by atoms with E-state index in [2.05, 4.69) is 0 Å². The summed E-state index contributed by atoms with van der Waals surface area (Å²) in [6, 6.07) is 13.9. The van der Waals surface area contributed by atoms with Gasteiger partial charge in [0.1, 0.15) is 0 Å². The minimum atomic E-state index is -1.87. The Morgan fingerprint density at radius 2 is 1.42 bits per heavy atom. The SMILES string of the molecule is O=C(O)[C@H](O)[C@H](Cc1ccccc1)N1C(=O)c2ccccc2C1=O. The highest BCUT2D eigenvalue weighted by molar-refractivity contribution is 6.21. The zero-order valence-corrected chi connectivity index (χ0v) is 12.6. The van der Waals surface area contributed by atoms with Crippen LogP contribution in [0.5, 0.6) is 0 Å². The minimum Gasteiger partial charge on any atom is -0.479 e. The van der Waals surface area contributed by atoms with Crippen LogP contribution >= 0.6 is 0 Å². The van der Waals surface area contributed by atoms with Crippen LogP contribution in [0.4, 0.5) is 0 Å². The lowest BCUT2D eigenvalue weighted by molar-refractivity contribution is -0.149.